The molecule has 3 nitrogen and oxygen atoms in total. The van der Waals surface area contributed by atoms with Crippen molar-refractivity contribution in [2.45, 2.75) is 38.6 Å². The molecule has 1 aliphatic carbocycles. The predicted molar refractivity (Wildman–Crippen MR) is 68.6 cm³/mol. The van der Waals surface area contributed by atoms with Crippen LogP contribution in [0, 0.1) is 5.82 Å². The molecule has 2 rings (SSSR count). The van der Waals surface area contributed by atoms with Crippen molar-refractivity contribution in [2.75, 3.05) is 11.4 Å². The number of nitrogens with zero attached hydrogens (tertiary/aromatic N) is 1. The van der Waals surface area contributed by atoms with Crippen LogP contribution >= 0.6 is 0 Å². The van der Waals surface area contributed by atoms with Gasteiger partial charge in [-0.3, -0.25) is 0 Å². The molecule has 1 fully saturated rings. The van der Waals surface area contributed by atoms with Crippen LogP contribution in [0.2, 0.25) is 0 Å². The SMILES string of the molecule is CCCCN(c1cccc(F)c1C(=O)O)C1CC1. The smallest absolute Gasteiger partial charge is 0.340 e. The summed E-state index contributed by atoms with van der Waals surface area (Å²) in [5.74, 6) is -1.84. The summed E-state index contributed by atoms with van der Waals surface area (Å²) in [5, 5.41) is 9.16. The Hall–Kier alpha value is -1.58. The van der Waals surface area contributed by atoms with Crippen LogP contribution in [0.4, 0.5) is 10.1 Å². The molecule has 0 spiro atoms. The van der Waals surface area contributed by atoms with Crippen molar-refractivity contribution < 1.29 is 14.3 Å². The lowest BCUT2D eigenvalue weighted by Crippen LogP contribution is -2.29. The van der Waals surface area contributed by atoms with E-state index in [1.165, 1.54) is 6.07 Å². The predicted octanol–water partition coefficient (Wildman–Crippen LogP) is 3.29. The van der Waals surface area contributed by atoms with Gasteiger partial charge in [-0.05, 0) is 31.4 Å². The van der Waals surface area contributed by atoms with Gasteiger partial charge in [-0.1, -0.05) is 19.4 Å². The number of aromatic carboxylic acids is 1. The van der Waals surface area contributed by atoms with E-state index in [0.717, 1.165) is 32.2 Å². The highest BCUT2D eigenvalue weighted by molar-refractivity contribution is 5.95. The number of carboxylic acids is 1. The zero-order valence-electron chi connectivity index (χ0n) is 10.5. The first-order chi connectivity index (χ1) is 8.65. The number of benzene rings is 1. The van der Waals surface area contributed by atoms with Gasteiger partial charge in [-0.15, -0.1) is 0 Å². The minimum Gasteiger partial charge on any atom is -0.478 e. The molecule has 0 radical (unpaired) electrons. The Kier molecular flexibility index (Phi) is 3.84. The highest BCUT2D eigenvalue weighted by Gasteiger charge is 2.31. The maximum atomic E-state index is 13.7. The van der Waals surface area contributed by atoms with E-state index in [4.69, 9.17) is 5.11 Å². The number of carboxylic acid groups (broad SMARTS) is 1. The fourth-order valence-electron chi connectivity index (χ4n) is 2.18. The van der Waals surface area contributed by atoms with E-state index in [9.17, 15) is 9.18 Å². The van der Waals surface area contributed by atoms with Crippen LogP contribution < -0.4 is 4.90 Å². The van der Waals surface area contributed by atoms with Crippen LogP contribution in [0.1, 0.15) is 43.0 Å². The number of carbonyl (C=O) groups is 1. The summed E-state index contributed by atoms with van der Waals surface area (Å²) >= 11 is 0. The van der Waals surface area contributed by atoms with Gasteiger partial charge in [0.25, 0.3) is 0 Å². The largest absolute Gasteiger partial charge is 0.478 e. The average Bonchev–Trinajstić information content (AvgIpc) is 3.13. The van der Waals surface area contributed by atoms with Crippen LogP contribution in [0.25, 0.3) is 0 Å². The van der Waals surface area contributed by atoms with Gasteiger partial charge in [0.2, 0.25) is 0 Å². The molecule has 0 saturated heterocycles. The molecule has 4 heteroatoms. The van der Waals surface area contributed by atoms with E-state index in [1.54, 1.807) is 12.1 Å². The second kappa shape index (κ2) is 5.38. The molecule has 0 atom stereocenters. The van der Waals surface area contributed by atoms with Gasteiger partial charge in [0.1, 0.15) is 11.4 Å². The molecule has 1 saturated carbocycles. The first kappa shape index (κ1) is 12.9. The minimum atomic E-state index is -1.19. The third-order valence-corrected chi connectivity index (χ3v) is 3.26. The zero-order valence-corrected chi connectivity index (χ0v) is 10.5. The van der Waals surface area contributed by atoms with Gasteiger partial charge in [-0.25, -0.2) is 9.18 Å². The van der Waals surface area contributed by atoms with Crippen molar-refractivity contribution in [3.05, 3.63) is 29.6 Å². The highest BCUT2D eigenvalue weighted by Crippen LogP contribution is 2.34. The fraction of sp³-hybridized carbons (Fsp3) is 0.500. The summed E-state index contributed by atoms with van der Waals surface area (Å²) in [6.45, 7) is 2.89. The van der Waals surface area contributed by atoms with E-state index in [0.29, 0.717) is 11.7 Å². The molecule has 0 amide bonds. The summed E-state index contributed by atoms with van der Waals surface area (Å²) in [4.78, 5) is 13.2. The Morgan fingerprint density at radius 2 is 2.22 bits per heavy atom. The number of anilines is 1. The maximum absolute atomic E-state index is 13.7. The lowest BCUT2D eigenvalue weighted by Gasteiger charge is -2.26. The highest BCUT2D eigenvalue weighted by atomic mass is 19.1. The summed E-state index contributed by atoms with van der Waals surface area (Å²) in [5.41, 5.74) is 0.332. The second-order valence-electron chi connectivity index (χ2n) is 4.72. The van der Waals surface area contributed by atoms with E-state index in [1.807, 2.05) is 0 Å². The Morgan fingerprint density at radius 3 is 2.78 bits per heavy atom. The van der Waals surface area contributed by atoms with Gasteiger partial charge in [0.15, 0.2) is 0 Å². The monoisotopic (exact) mass is 251 g/mol. The van der Waals surface area contributed by atoms with E-state index in [2.05, 4.69) is 11.8 Å². The van der Waals surface area contributed by atoms with Crippen LogP contribution in [0.15, 0.2) is 18.2 Å². The molecule has 0 aliphatic heterocycles. The zero-order chi connectivity index (χ0) is 13.1. The van der Waals surface area contributed by atoms with Crippen LogP contribution in [0.5, 0.6) is 0 Å². The topological polar surface area (TPSA) is 40.5 Å². The van der Waals surface area contributed by atoms with Gasteiger partial charge in [0.05, 0.1) is 5.69 Å². The minimum absolute atomic E-state index is 0.194. The lowest BCUT2D eigenvalue weighted by atomic mass is 10.1. The summed E-state index contributed by atoms with van der Waals surface area (Å²) in [7, 11) is 0. The van der Waals surface area contributed by atoms with Crippen molar-refractivity contribution in [2.24, 2.45) is 0 Å². The Labute approximate surface area is 106 Å². The summed E-state index contributed by atoms with van der Waals surface area (Å²) in [6.07, 6.45) is 4.17. The van der Waals surface area contributed by atoms with E-state index < -0.39 is 11.8 Å². The molecule has 0 bridgehead atoms. The molecule has 1 aromatic carbocycles. The summed E-state index contributed by atoms with van der Waals surface area (Å²) < 4.78 is 13.7. The molecular weight excluding hydrogens is 233 g/mol. The number of rotatable bonds is 6. The van der Waals surface area contributed by atoms with Gasteiger partial charge >= 0.3 is 5.97 Å². The second-order valence-corrected chi connectivity index (χ2v) is 4.72. The number of halogens is 1. The Balaban J connectivity index is 2.34. The van der Waals surface area contributed by atoms with Crippen molar-refractivity contribution in [3.63, 3.8) is 0 Å². The first-order valence-electron chi connectivity index (χ1n) is 6.43. The van der Waals surface area contributed by atoms with Crippen LogP contribution in [-0.2, 0) is 0 Å². The number of hydrogen-bond acceptors (Lipinski definition) is 2. The quantitative estimate of drug-likeness (QED) is 0.843. The molecule has 1 N–H and O–H groups in total. The van der Waals surface area contributed by atoms with Crippen molar-refractivity contribution in [1.82, 2.24) is 0 Å². The molecule has 0 unspecified atom stereocenters. The van der Waals surface area contributed by atoms with Gasteiger partial charge in [-0.2, -0.15) is 0 Å². The lowest BCUT2D eigenvalue weighted by molar-refractivity contribution is 0.0692. The number of hydrogen-bond donors (Lipinski definition) is 1. The molecule has 1 aromatic rings. The van der Waals surface area contributed by atoms with Crippen molar-refractivity contribution >= 4 is 11.7 Å². The molecular formula is C14H18FNO2. The normalized spacial score (nSPS) is 14.6. The molecule has 0 aromatic heterocycles. The van der Waals surface area contributed by atoms with Crippen molar-refractivity contribution in [1.29, 1.82) is 0 Å². The van der Waals surface area contributed by atoms with Crippen LogP contribution in [0.3, 0.4) is 0 Å². The summed E-state index contributed by atoms with van der Waals surface area (Å²) in [6, 6.07) is 4.88. The van der Waals surface area contributed by atoms with Gasteiger partial charge in [0, 0.05) is 12.6 Å². The standard InChI is InChI=1S/C14H18FNO2/c1-2-3-9-16(10-7-8-10)12-6-4-5-11(15)13(12)14(17)18/h4-6,10H,2-3,7-9H2,1H3,(H,17,18). The maximum Gasteiger partial charge on any atom is 0.340 e. The molecule has 1 aliphatic rings. The fourth-order valence-corrected chi connectivity index (χ4v) is 2.18. The van der Waals surface area contributed by atoms with Crippen LogP contribution in [-0.4, -0.2) is 23.7 Å². The third-order valence-electron chi connectivity index (χ3n) is 3.26. The Bertz CT molecular complexity index is 443. The Morgan fingerprint density at radius 1 is 1.50 bits per heavy atom. The number of unbranched alkanes of at least 4 members (excludes halogenated alkanes) is 1. The molecule has 0 heterocycles. The third kappa shape index (κ3) is 2.63. The molecule has 18 heavy (non-hydrogen) atoms. The average molecular weight is 251 g/mol. The first-order valence-corrected chi connectivity index (χ1v) is 6.43. The van der Waals surface area contributed by atoms with Crippen molar-refractivity contribution in [3.8, 4) is 0 Å². The molecule has 98 valence electrons. The van der Waals surface area contributed by atoms with Gasteiger partial charge < -0.3 is 10.0 Å². The van der Waals surface area contributed by atoms with E-state index >= 15 is 0 Å². The van der Waals surface area contributed by atoms with E-state index in [-0.39, 0.29) is 5.56 Å².